The molecular formula is C9H8IN3O. The number of aryl methyl sites for hydroxylation is 1. The molecule has 0 saturated carbocycles. The average Bonchev–Trinajstić information content (AvgIpc) is 2.57. The van der Waals surface area contributed by atoms with Gasteiger partial charge in [-0.05, 0) is 47.7 Å². The van der Waals surface area contributed by atoms with E-state index in [9.17, 15) is 0 Å². The van der Waals surface area contributed by atoms with E-state index in [1.807, 2.05) is 18.2 Å². The first-order chi connectivity index (χ1) is 6.66. The normalized spacial score (nSPS) is 10.4. The molecule has 14 heavy (non-hydrogen) atoms. The summed E-state index contributed by atoms with van der Waals surface area (Å²) in [5.41, 5.74) is 7.35. The van der Waals surface area contributed by atoms with Crippen LogP contribution in [-0.2, 0) is 0 Å². The monoisotopic (exact) mass is 301 g/mol. The number of hydrogen-bond donors (Lipinski definition) is 1. The summed E-state index contributed by atoms with van der Waals surface area (Å²) in [6.07, 6.45) is 0. The summed E-state index contributed by atoms with van der Waals surface area (Å²) >= 11 is 2.17. The Labute approximate surface area is 94.6 Å². The molecule has 0 unspecified atom stereocenters. The topological polar surface area (TPSA) is 64.9 Å². The zero-order valence-corrected chi connectivity index (χ0v) is 9.65. The van der Waals surface area contributed by atoms with Gasteiger partial charge in [0.25, 0.3) is 5.89 Å². The van der Waals surface area contributed by atoms with E-state index in [2.05, 4.69) is 32.7 Å². The number of nitrogens with zero attached hydrogens (tertiary/aromatic N) is 2. The SMILES string of the molecule is Cc1noc(-c2ccc(N)c(I)c2)n1. The Balaban J connectivity index is 2.47. The zero-order chi connectivity index (χ0) is 10.1. The van der Waals surface area contributed by atoms with Crippen LogP contribution in [0.3, 0.4) is 0 Å². The molecule has 0 aliphatic heterocycles. The highest BCUT2D eigenvalue weighted by atomic mass is 127. The lowest BCUT2D eigenvalue weighted by Crippen LogP contribution is -1.89. The highest BCUT2D eigenvalue weighted by Gasteiger charge is 2.07. The molecule has 2 rings (SSSR count). The molecule has 1 heterocycles. The van der Waals surface area contributed by atoms with Gasteiger partial charge >= 0.3 is 0 Å². The second-order valence-electron chi connectivity index (χ2n) is 2.88. The summed E-state index contributed by atoms with van der Waals surface area (Å²) in [5, 5.41) is 3.73. The van der Waals surface area contributed by atoms with Crippen molar-refractivity contribution in [3.63, 3.8) is 0 Å². The van der Waals surface area contributed by atoms with Crippen LogP contribution in [0.2, 0.25) is 0 Å². The standard InChI is InChI=1S/C9H8IN3O/c1-5-12-9(14-13-5)6-2-3-8(11)7(10)4-6/h2-4H,11H2,1H3. The molecule has 1 aromatic heterocycles. The fraction of sp³-hybridized carbons (Fsp3) is 0.111. The van der Waals surface area contributed by atoms with Gasteiger partial charge in [-0.2, -0.15) is 4.98 Å². The van der Waals surface area contributed by atoms with E-state index in [1.165, 1.54) is 0 Å². The van der Waals surface area contributed by atoms with Gasteiger partial charge in [-0.3, -0.25) is 0 Å². The van der Waals surface area contributed by atoms with Gasteiger partial charge in [-0.25, -0.2) is 0 Å². The Morgan fingerprint density at radius 2 is 2.21 bits per heavy atom. The van der Waals surface area contributed by atoms with Crippen molar-refractivity contribution in [3.8, 4) is 11.5 Å². The molecule has 4 nitrogen and oxygen atoms in total. The number of halogens is 1. The van der Waals surface area contributed by atoms with Gasteiger partial charge < -0.3 is 10.3 Å². The summed E-state index contributed by atoms with van der Waals surface area (Å²) in [5.74, 6) is 1.16. The van der Waals surface area contributed by atoms with Crippen molar-refractivity contribution in [3.05, 3.63) is 27.6 Å². The van der Waals surface area contributed by atoms with Crippen LogP contribution in [0.15, 0.2) is 22.7 Å². The molecule has 0 saturated heterocycles. The fourth-order valence-electron chi connectivity index (χ4n) is 1.07. The first-order valence-electron chi connectivity index (χ1n) is 4.02. The van der Waals surface area contributed by atoms with Crippen LogP contribution < -0.4 is 5.73 Å². The van der Waals surface area contributed by atoms with Crippen molar-refractivity contribution < 1.29 is 4.52 Å². The number of benzene rings is 1. The third-order valence-corrected chi connectivity index (χ3v) is 2.71. The van der Waals surface area contributed by atoms with Crippen molar-refractivity contribution >= 4 is 28.3 Å². The number of nitrogen functional groups attached to an aromatic ring is 1. The second kappa shape index (κ2) is 3.56. The molecule has 0 aliphatic carbocycles. The van der Waals surface area contributed by atoms with Gasteiger partial charge in [0.1, 0.15) is 0 Å². The molecule has 1 aromatic carbocycles. The molecule has 0 bridgehead atoms. The average molecular weight is 301 g/mol. The molecule has 0 fully saturated rings. The van der Waals surface area contributed by atoms with E-state index >= 15 is 0 Å². The lowest BCUT2D eigenvalue weighted by atomic mass is 10.2. The maximum absolute atomic E-state index is 5.70. The Kier molecular flexibility index (Phi) is 2.40. The second-order valence-corrected chi connectivity index (χ2v) is 4.05. The Bertz CT molecular complexity index is 467. The van der Waals surface area contributed by atoms with Crippen molar-refractivity contribution in [2.45, 2.75) is 6.92 Å². The summed E-state index contributed by atoms with van der Waals surface area (Å²) in [6.45, 7) is 1.79. The summed E-state index contributed by atoms with van der Waals surface area (Å²) in [7, 11) is 0. The quantitative estimate of drug-likeness (QED) is 0.648. The fourth-order valence-corrected chi connectivity index (χ4v) is 1.59. The first-order valence-corrected chi connectivity index (χ1v) is 5.10. The molecule has 0 aliphatic rings. The summed E-state index contributed by atoms with van der Waals surface area (Å²) in [4.78, 5) is 4.13. The molecule has 5 heteroatoms. The van der Waals surface area contributed by atoms with E-state index in [0.29, 0.717) is 11.7 Å². The molecule has 0 spiro atoms. The van der Waals surface area contributed by atoms with E-state index in [0.717, 1.165) is 14.8 Å². The van der Waals surface area contributed by atoms with Crippen LogP contribution >= 0.6 is 22.6 Å². The van der Waals surface area contributed by atoms with E-state index < -0.39 is 0 Å². The minimum atomic E-state index is 0.528. The maximum atomic E-state index is 5.70. The zero-order valence-electron chi connectivity index (χ0n) is 7.49. The molecule has 0 amide bonds. The minimum absolute atomic E-state index is 0.528. The van der Waals surface area contributed by atoms with Gasteiger partial charge in [-0.1, -0.05) is 5.16 Å². The van der Waals surface area contributed by atoms with Crippen LogP contribution in [-0.4, -0.2) is 10.1 Å². The predicted molar refractivity (Wildman–Crippen MR) is 61.6 cm³/mol. The van der Waals surface area contributed by atoms with Gasteiger partial charge in [0, 0.05) is 14.8 Å². The Morgan fingerprint density at radius 3 is 2.79 bits per heavy atom. The third-order valence-electron chi connectivity index (χ3n) is 1.77. The maximum Gasteiger partial charge on any atom is 0.257 e. The van der Waals surface area contributed by atoms with Crippen molar-refractivity contribution in [2.24, 2.45) is 0 Å². The predicted octanol–water partition coefficient (Wildman–Crippen LogP) is 2.23. The van der Waals surface area contributed by atoms with E-state index in [1.54, 1.807) is 6.92 Å². The largest absolute Gasteiger partial charge is 0.398 e. The van der Waals surface area contributed by atoms with Crippen LogP contribution in [0.5, 0.6) is 0 Å². The lowest BCUT2D eigenvalue weighted by molar-refractivity contribution is 0.425. The molecule has 72 valence electrons. The van der Waals surface area contributed by atoms with Crippen molar-refractivity contribution in [1.82, 2.24) is 10.1 Å². The van der Waals surface area contributed by atoms with Crippen LogP contribution in [0.25, 0.3) is 11.5 Å². The number of rotatable bonds is 1. The smallest absolute Gasteiger partial charge is 0.257 e. The van der Waals surface area contributed by atoms with Crippen molar-refractivity contribution in [1.29, 1.82) is 0 Å². The highest BCUT2D eigenvalue weighted by molar-refractivity contribution is 14.1. The first kappa shape index (κ1) is 9.45. The third kappa shape index (κ3) is 1.72. The van der Waals surface area contributed by atoms with Crippen LogP contribution in [0.1, 0.15) is 5.82 Å². The van der Waals surface area contributed by atoms with Gasteiger partial charge in [0.05, 0.1) is 0 Å². The van der Waals surface area contributed by atoms with E-state index in [4.69, 9.17) is 10.3 Å². The summed E-state index contributed by atoms with van der Waals surface area (Å²) < 4.78 is 6.02. The molecule has 2 N–H and O–H groups in total. The number of hydrogen-bond acceptors (Lipinski definition) is 4. The van der Waals surface area contributed by atoms with Crippen molar-refractivity contribution in [2.75, 3.05) is 5.73 Å². The Hall–Kier alpha value is -1.11. The highest BCUT2D eigenvalue weighted by Crippen LogP contribution is 2.23. The number of nitrogens with two attached hydrogens (primary N) is 1. The van der Waals surface area contributed by atoms with Crippen LogP contribution in [0.4, 0.5) is 5.69 Å². The van der Waals surface area contributed by atoms with E-state index in [-0.39, 0.29) is 0 Å². The molecule has 0 radical (unpaired) electrons. The summed E-state index contributed by atoms with van der Waals surface area (Å²) in [6, 6.07) is 5.62. The number of anilines is 1. The molecule has 0 atom stereocenters. The Morgan fingerprint density at radius 1 is 1.43 bits per heavy atom. The van der Waals surface area contributed by atoms with Gasteiger partial charge in [0.15, 0.2) is 5.82 Å². The minimum Gasteiger partial charge on any atom is -0.398 e. The lowest BCUT2D eigenvalue weighted by Gasteiger charge is -1.98. The molecule has 2 aromatic rings. The molecular weight excluding hydrogens is 293 g/mol. The van der Waals surface area contributed by atoms with Crippen LogP contribution in [0, 0.1) is 10.5 Å². The van der Waals surface area contributed by atoms with Gasteiger partial charge in [0.2, 0.25) is 0 Å². The number of aromatic nitrogens is 2. The van der Waals surface area contributed by atoms with Gasteiger partial charge in [-0.15, -0.1) is 0 Å².